The Labute approximate surface area is 323 Å². The second kappa shape index (κ2) is 39.4. The van der Waals surface area contributed by atoms with Crippen LogP contribution < -0.4 is 5.73 Å². The van der Waals surface area contributed by atoms with Crippen LogP contribution >= 0.6 is 7.82 Å². The highest BCUT2D eigenvalue weighted by molar-refractivity contribution is 7.47. The topological polar surface area (TPSA) is 134 Å². The number of phosphoric ester groups is 1. The van der Waals surface area contributed by atoms with Gasteiger partial charge in [0, 0.05) is 19.4 Å². The maximum Gasteiger partial charge on any atom is 0.472 e. The van der Waals surface area contributed by atoms with Gasteiger partial charge in [-0.2, -0.15) is 0 Å². The van der Waals surface area contributed by atoms with Crippen molar-refractivity contribution in [2.75, 3.05) is 26.4 Å². The molecular formula is C43H76NO8P. The molecule has 0 rings (SSSR count). The van der Waals surface area contributed by atoms with Crippen LogP contribution in [0.5, 0.6) is 0 Å². The molecule has 0 amide bonds. The minimum Gasteiger partial charge on any atom is -0.462 e. The largest absolute Gasteiger partial charge is 0.472 e. The van der Waals surface area contributed by atoms with Crippen molar-refractivity contribution < 1.29 is 37.6 Å². The third kappa shape index (κ3) is 39.2. The van der Waals surface area contributed by atoms with Crippen molar-refractivity contribution in [2.24, 2.45) is 5.73 Å². The lowest BCUT2D eigenvalue weighted by molar-refractivity contribution is -0.161. The average molecular weight is 766 g/mol. The Hall–Kier alpha value is -2.29. The Bertz CT molecular complexity index is 1050. The van der Waals surface area contributed by atoms with Gasteiger partial charge in [-0.05, 0) is 77.0 Å². The van der Waals surface area contributed by atoms with Crippen LogP contribution in [0.1, 0.15) is 168 Å². The summed E-state index contributed by atoms with van der Waals surface area (Å²) in [6, 6.07) is 0. The highest BCUT2D eigenvalue weighted by Crippen LogP contribution is 2.43. The molecule has 0 radical (unpaired) electrons. The van der Waals surface area contributed by atoms with E-state index in [2.05, 4.69) is 68.5 Å². The summed E-state index contributed by atoms with van der Waals surface area (Å²) in [5.74, 6) is -0.910. The zero-order valence-corrected chi connectivity index (χ0v) is 34.4. The fourth-order valence-electron chi connectivity index (χ4n) is 5.27. The van der Waals surface area contributed by atoms with E-state index in [9.17, 15) is 19.0 Å². The van der Waals surface area contributed by atoms with E-state index in [4.69, 9.17) is 24.3 Å². The minimum absolute atomic E-state index is 0.0412. The Morgan fingerprint density at radius 1 is 0.566 bits per heavy atom. The second-order valence-corrected chi connectivity index (χ2v) is 14.9. The van der Waals surface area contributed by atoms with Gasteiger partial charge in [-0.25, -0.2) is 4.57 Å². The summed E-state index contributed by atoms with van der Waals surface area (Å²) in [5, 5.41) is 0. The summed E-state index contributed by atoms with van der Waals surface area (Å²) in [5.41, 5.74) is 5.33. The monoisotopic (exact) mass is 766 g/mol. The van der Waals surface area contributed by atoms with Crippen LogP contribution in [0.15, 0.2) is 60.8 Å². The van der Waals surface area contributed by atoms with Crippen LogP contribution in [0.4, 0.5) is 0 Å². The summed E-state index contributed by atoms with van der Waals surface area (Å²) >= 11 is 0. The van der Waals surface area contributed by atoms with Gasteiger partial charge in [-0.15, -0.1) is 0 Å². The SMILES string of the molecule is CCCCCC=CCC=CCCCCCCCC(=O)OCC(COP(=O)(O)OCCN)OC(=O)CCCC=CCC=CCC=CCCCCCCCC. The molecule has 0 spiro atoms. The van der Waals surface area contributed by atoms with Crippen molar-refractivity contribution in [3.05, 3.63) is 60.8 Å². The Kier molecular flexibility index (Phi) is 37.7. The summed E-state index contributed by atoms with van der Waals surface area (Å²) in [7, 11) is -4.39. The van der Waals surface area contributed by atoms with Gasteiger partial charge in [0.25, 0.3) is 0 Å². The molecule has 2 atom stereocenters. The molecule has 3 N–H and O–H groups in total. The van der Waals surface area contributed by atoms with Gasteiger partial charge < -0.3 is 20.1 Å². The first-order valence-electron chi connectivity index (χ1n) is 20.8. The maximum atomic E-state index is 12.5. The molecule has 0 aliphatic heterocycles. The summed E-state index contributed by atoms with van der Waals surface area (Å²) in [6.45, 7) is 3.61. The molecule has 0 bridgehead atoms. The van der Waals surface area contributed by atoms with Gasteiger partial charge in [0.05, 0.1) is 13.2 Å². The first-order valence-corrected chi connectivity index (χ1v) is 22.3. The zero-order valence-electron chi connectivity index (χ0n) is 33.5. The first kappa shape index (κ1) is 50.7. The van der Waals surface area contributed by atoms with Crippen LogP contribution in [-0.2, 0) is 32.7 Å². The zero-order chi connectivity index (χ0) is 38.9. The molecule has 9 nitrogen and oxygen atoms in total. The second-order valence-electron chi connectivity index (χ2n) is 13.5. The molecule has 0 saturated carbocycles. The number of hydrogen-bond acceptors (Lipinski definition) is 8. The van der Waals surface area contributed by atoms with E-state index in [-0.39, 0.29) is 32.6 Å². The molecule has 0 aliphatic rings. The molecule has 2 unspecified atom stereocenters. The van der Waals surface area contributed by atoms with Gasteiger partial charge in [0.2, 0.25) is 0 Å². The number of unbranched alkanes of at least 4 members (excludes halogenated alkanes) is 15. The van der Waals surface area contributed by atoms with E-state index < -0.39 is 32.5 Å². The number of rotatable bonds is 38. The highest BCUT2D eigenvalue weighted by atomic mass is 31.2. The maximum absolute atomic E-state index is 12.5. The molecule has 10 heteroatoms. The summed E-state index contributed by atoms with van der Waals surface area (Å²) in [4.78, 5) is 34.8. The van der Waals surface area contributed by atoms with Crippen LogP contribution in [0.25, 0.3) is 0 Å². The van der Waals surface area contributed by atoms with E-state index in [0.717, 1.165) is 57.8 Å². The summed E-state index contributed by atoms with van der Waals surface area (Å²) < 4.78 is 32.6. The molecule has 0 aromatic carbocycles. The van der Waals surface area contributed by atoms with Crippen LogP contribution in [0.3, 0.4) is 0 Å². The van der Waals surface area contributed by atoms with Crippen molar-refractivity contribution in [3.63, 3.8) is 0 Å². The lowest BCUT2D eigenvalue weighted by Gasteiger charge is -2.19. The fourth-order valence-corrected chi connectivity index (χ4v) is 6.03. The van der Waals surface area contributed by atoms with E-state index in [0.29, 0.717) is 19.3 Å². The average Bonchev–Trinajstić information content (AvgIpc) is 3.14. The molecule has 0 aliphatic carbocycles. The molecular weight excluding hydrogens is 689 g/mol. The number of carbonyl (C=O) groups excluding carboxylic acids is 2. The molecule has 0 heterocycles. The number of phosphoric acid groups is 1. The molecule has 306 valence electrons. The number of ether oxygens (including phenoxy) is 2. The number of allylic oxidation sites excluding steroid dienone is 10. The fraction of sp³-hybridized carbons (Fsp3) is 0.721. The van der Waals surface area contributed by atoms with Crippen LogP contribution in [0, 0.1) is 0 Å². The van der Waals surface area contributed by atoms with E-state index in [1.54, 1.807) is 0 Å². The van der Waals surface area contributed by atoms with Gasteiger partial charge in [-0.3, -0.25) is 18.6 Å². The number of nitrogens with two attached hydrogens (primary N) is 1. The quantitative estimate of drug-likeness (QED) is 0.0272. The van der Waals surface area contributed by atoms with Gasteiger partial charge in [0.15, 0.2) is 6.10 Å². The van der Waals surface area contributed by atoms with Crippen molar-refractivity contribution in [1.82, 2.24) is 0 Å². The van der Waals surface area contributed by atoms with E-state index in [1.807, 2.05) is 6.08 Å². The number of carbonyl (C=O) groups is 2. The number of esters is 2. The smallest absolute Gasteiger partial charge is 0.462 e. The van der Waals surface area contributed by atoms with Gasteiger partial charge in [0.1, 0.15) is 6.61 Å². The van der Waals surface area contributed by atoms with E-state index in [1.165, 1.54) is 64.2 Å². The first-order chi connectivity index (χ1) is 25.8. The number of hydrogen-bond donors (Lipinski definition) is 2. The highest BCUT2D eigenvalue weighted by Gasteiger charge is 2.25. The van der Waals surface area contributed by atoms with Gasteiger partial charge in [-0.1, -0.05) is 139 Å². The predicted molar refractivity (Wildman–Crippen MR) is 219 cm³/mol. The molecule has 0 aromatic rings. The van der Waals surface area contributed by atoms with Gasteiger partial charge >= 0.3 is 19.8 Å². The third-order valence-electron chi connectivity index (χ3n) is 8.38. The lowest BCUT2D eigenvalue weighted by Crippen LogP contribution is -2.29. The van der Waals surface area contributed by atoms with Crippen LogP contribution in [-0.4, -0.2) is 49.3 Å². The lowest BCUT2D eigenvalue weighted by atomic mass is 10.1. The van der Waals surface area contributed by atoms with Crippen molar-refractivity contribution in [2.45, 2.75) is 174 Å². The molecule has 0 saturated heterocycles. The Morgan fingerprint density at radius 2 is 1.00 bits per heavy atom. The third-order valence-corrected chi connectivity index (χ3v) is 9.36. The van der Waals surface area contributed by atoms with Crippen molar-refractivity contribution in [1.29, 1.82) is 0 Å². The summed E-state index contributed by atoms with van der Waals surface area (Å²) in [6.07, 6.45) is 45.4. The predicted octanol–water partition coefficient (Wildman–Crippen LogP) is 11.7. The van der Waals surface area contributed by atoms with Crippen molar-refractivity contribution in [3.8, 4) is 0 Å². The Morgan fingerprint density at radius 3 is 1.55 bits per heavy atom. The molecule has 53 heavy (non-hydrogen) atoms. The molecule has 0 fully saturated rings. The standard InChI is InChI=1S/C43H76NO8P/c1-3-5-7-9-11-13-15-17-19-20-22-24-26-28-30-32-34-36-43(46)52-41(40-51-53(47,48)50-38-37-44)39-49-42(45)35-33-31-29-27-25-23-21-18-16-14-12-10-8-6-4-2/h12,14,17-19,21-22,24,28,30,41H,3-11,13,15-16,20,23,25-27,29,31-40,44H2,1-2H3,(H,47,48). The van der Waals surface area contributed by atoms with Crippen LogP contribution in [0.2, 0.25) is 0 Å². The minimum atomic E-state index is -4.39. The van der Waals surface area contributed by atoms with E-state index >= 15 is 0 Å². The normalized spacial score (nSPS) is 14.0. The van der Waals surface area contributed by atoms with Crippen molar-refractivity contribution >= 4 is 19.8 Å². The molecule has 0 aromatic heterocycles. The Balaban J connectivity index is 4.31.